The molecule has 0 unspecified atom stereocenters. The minimum atomic E-state index is -0.433. The van der Waals surface area contributed by atoms with Gasteiger partial charge in [0.2, 0.25) is 0 Å². The zero-order valence-electron chi connectivity index (χ0n) is 11.4. The Morgan fingerprint density at radius 2 is 1.65 bits per heavy atom. The van der Waals surface area contributed by atoms with Gasteiger partial charge in [-0.3, -0.25) is 5.32 Å². The Hall–Kier alpha value is -2.49. The van der Waals surface area contributed by atoms with E-state index >= 15 is 0 Å². The molecule has 2 aromatic rings. The molecule has 0 aliphatic rings. The highest BCUT2D eigenvalue weighted by atomic mass is 16.5. The molecule has 0 atom stereocenters. The fourth-order valence-electron chi connectivity index (χ4n) is 1.76. The molecule has 0 radical (unpaired) electrons. The zero-order valence-corrected chi connectivity index (χ0v) is 11.4. The molecule has 2 N–H and O–H groups in total. The molecule has 0 aliphatic heterocycles. The van der Waals surface area contributed by atoms with Gasteiger partial charge in [0.1, 0.15) is 0 Å². The van der Waals surface area contributed by atoms with Crippen LogP contribution in [-0.4, -0.2) is 12.7 Å². The molecule has 4 nitrogen and oxygen atoms in total. The molecule has 0 saturated heterocycles. The van der Waals surface area contributed by atoms with Crippen LogP contribution in [0, 0.1) is 0 Å². The lowest BCUT2D eigenvalue weighted by molar-refractivity contribution is 0.168. The van der Waals surface area contributed by atoms with Crippen molar-refractivity contribution in [3.63, 3.8) is 0 Å². The third-order valence-electron chi connectivity index (χ3n) is 2.75. The molecule has 0 bridgehead atoms. The summed E-state index contributed by atoms with van der Waals surface area (Å²) in [6.07, 6.45) is -0.433. The summed E-state index contributed by atoms with van der Waals surface area (Å²) in [6, 6.07) is 17.7. The first kappa shape index (κ1) is 13.9. The van der Waals surface area contributed by atoms with Crippen molar-refractivity contribution in [2.75, 3.05) is 17.2 Å². The van der Waals surface area contributed by atoms with Gasteiger partial charge in [0, 0.05) is 17.9 Å². The van der Waals surface area contributed by atoms with Crippen molar-refractivity contribution in [3.05, 3.63) is 60.2 Å². The van der Waals surface area contributed by atoms with Gasteiger partial charge in [0.15, 0.2) is 0 Å². The second-order valence-corrected chi connectivity index (χ2v) is 4.26. The van der Waals surface area contributed by atoms with E-state index in [-0.39, 0.29) is 0 Å². The van der Waals surface area contributed by atoms with Crippen LogP contribution in [0.15, 0.2) is 54.6 Å². The Morgan fingerprint density at radius 1 is 1.00 bits per heavy atom. The van der Waals surface area contributed by atoms with Gasteiger partial charge in [0.25, 0.3) is 0 Å². The fourth-order valence-corrected chi connectivity index (χ4v) is 1.76. The first-order valence-electron chi connectivity index (χ1n) is 6.59. The number of ether oxygens (including phenoxy) is 1. The summed E-state index contributed by atoms with van der Waals surface area (Å²) in [7, 11) is 0. The van der Waals surface area contributed by atoms with E-state index in [4.69, 9.17) is 4.74 Å². The molecule has 0 aliphatic carbocycles. The van der Waals surface area contributed by atoms with E-state index in [9.17, 15) is 4.79 Å². The van der Waals surface area contributed by atoms with E-state index < -0.39 is 6.09 Å². The predicted molar refractivity (Wildman–Crippen MR) is 80.9 cm³/mol. The second kappa shape index (κ2) is 7.19. The van der Waals surface area contributed by atoms with Crippen LogP contribution in [0.4, 0.5) is 16.2 Å². The van der Waals surface area contributed by atoms with Crippen molar-refractivity contribution in [3.8, 4) is 0 Å². The molecule has 0 aromatic heterocycles. The number of amides is 1. The zero-order chi connectivity index (χ0) is 14.2. The average molecular weight is 270 g/mol. The smallest absolute Gasteiger partial charge is 0.411 e. The van der Waals surface area contributed by atoms with E-state index in [1.807, 2.05) is 42.5 Å². The summed E-state index contributed by atoms with van der Waals surface area (Å²) in [6.45, 7) is 2.91. The number of benzene rings is 2. The summed E-state index contributed by atoms with van der Waals surface area (Å²) in [5.41, 5.74) is 2.94. The summed E-state index contributed by atoms with van der Waals surface area (Å²) in [4.78, 5) is 11.3. The lowest BCUT2D eigenvalue weighted by Crippen LogP contribution is -2.13. The van der Waals surface area contributed by atoms with E-state index in [0.717, 1.165) is 12.2 Å². The van der Waals surface area contributed by atoms with Gasteiger partial charge in [-0.25, -0.2) is 4.79 Å². The van der Waals surface area contributed by atoms with Crippen molar-refractivity contribution in [2.45, 2.75) is 13.5 Å². The van der Waals surface area contributed by atoms with Gasteiger partial charge in [-0.1, -0.05) is 30.3 Å². The molecule has 1 amide bonds. The molecule has 0 saturated carbocycles. The summed E-state index contributed by atoms with van der Waals surface area (Å²) >= 11 is 0. The third-order valence-corrected chi connectivity index (χ3v) is 2.75. The Balaban J connectivity index is 1.87. The van der Waals surface area contributed by atoms with Crippen molar-refractivity contribution in [1.29, 1.82) is 0 Å². The molecule has 20 heavy (non-hydrogen) atoms. The standard InChI is InChI=1S/C16H18N2O2/c1-2-20-16(19)18-15-10-8-14(9-11-15)17-12-13-6-4-3-5-7-13/h3-11,17H,2,12H2,1H3,(H,18,19). The first-order valence-corrected chi connectivity index (χ1v) is 6.59. The van der Waals surface area contributed by atoms with E-state index in [1.165, 1.54) is 5.56 Å². The highest BCUT2D eigenvalue weighted by Crippen LogP contribution is 2.14. The second-order valence-electron chi connectivity index (χ2n) is 4.26. The normalized spacial score (nSPS) is 9.85. The van der Waals surface area contributed by atoms with E-state index in [1.54, 1.807) is 6.92 Å². The maximum absolute atomic E-state index is 11.3. The van der Waals surface area contributed by atoms with Gasteiger partial charge in [-0.15, -0.1) is 0 Å². The minimum absolute atomic E-state index is 0.364. The highest BCUT2D eigenvalue weighted by Gasteiger charge is 2.01. The molecule has 0 heterocycles. The summed E-state index contributed by atoms with van der Waals surface area (Å²) in [5.74, 6) is 0. The topological polar surface area (TPSA) is 50.4 Å². The van der Waals surface area contributed by atoms with Crippen molar-refractivity contribution in [1.82, 2.24) is 0 Å². The largest absolute Gasteiger partial charge is 0.450 e. The molecule has 4 heteroatoms. The Labute approximate surface area is 118 Å². The van der Waals surface area contributed by atoms with Crippen molar-refractivity contribution < 1.29 is 9.53 Å². The first-order chi connectivity index (χ1) is 9.78. The maximum Gasteiger partial charge on any atom is 0.411 e. The number of anilines is 2. The minimum Gasteiger partial charge on any atom is -0.450 e. The van der Waals surface area contributed by atoms with Crippen LogP contribution < -0.4 is 10.6 Å². The number of nitrogens with one attached hydrogen (secondary N) is 2. The molecule has 2 aromatic carbocycles. The lowest BCUT2D eigenvalue weighted by atomic mass is 10.2. The number of hydrogen-bond donors (Lipinski definition) is 2. The van der Waals surface area contributed by atoms with E-state index in [2.05, 4.69) is 22.8 Å². The van der Waals surface area contributed by atoms with Gasteiger partial charge in [-0.05, 0) is 36.8 Å². The monoisotopic (exact) mass is 270 g/mol. The SMILES string of the molecule is CCOC(=O)Nc1ccc(NCc2ccccc2)cc1. The predicted octanol–water partition coefficient (Wildman–Crippen LogP) is 3.87. The molecule has 104 valence electrons. The summed E-state index contributed by atoms with van der Waals surface area (Å²) in [5, 5.41) is 5.98. The van der Waals surface area contributed by atoms with Gasteiger partial charge in [-0.2, -0.15) is 0 Å². The van der Waals surface area contributed by atoms with Crippen molar-refractivity contribution in [2.24, 2.45) is 0 Å². The fraction of sp³-hybridized carbons (Fsp3) is 0.188. The molecule has 0 spiro atoms. The van der Waals surface area contributed by atoms with Gasteiger partial charge >= 0.3 is 6.09 Å². The number of rotatable bonds is 5. The molecule has 0 fully saturated rings. The van der Waals surface area contributed by atoms with Crippen LogP contribution in [0.5, 0.6) is 0 Å². The van der Waals surface area contributed by atoms with Crippen LogP contribution in [0.25, 0.3) is 0 Å². The number of carbonyl (C=O) groups is 1. The van der Waals surface area contributed by atoms with Crippen LogP contribution in [0.3, 0.4) is 0 Å². The van der Waals surface area contributed by atoms with Crippen molar-refractivity contribution >= 4 is 17.5 Å². The molecular weight excluding hydrogens is 252 g/mol. The summed E-state index contributed by atoms with van der Waals surface area (Å²) < 4.78 is 4.82. The lowest BCUT2D eigenvalue weighted by Gasteiger charge is -2.08. The quantitative estimate of drug-likeness (QED) is 0.867. The number of carbonyl (C=O) groups excluding carboxylic acids is 1. The maximum atomic E-state index is 11.3. The molecular formula is C16H18N2O2. The van der Waals surface area contributed by atoms with Crippen LogP contribution in [0.2, 0.25) is 0 Å². The highest BCUT2D eigenvalue weighted by molar-refractivity contribution is 5.84. The Bertz CT molecular complexity index is 538. The van der Waals surface area contributed by atoms with Crippen LogP contribution in [0.1, 0.15) is 12.5 Å². The van der Waals surface area contributed by atoms with Gasteiger partial charge in [0.05, 0.1) is 6.61 Å². The van der Waals surface area contributed by atoms with Crippen LogP contribution >= 0.6 is 0 Å². The number of hydrogen-bond acceptors (Lipinski definition) is 3. The van der Waals surface area contributed by atoms with E-state index in [0.29, 0.717) is 12.3 Å². The molecule has 2 rings (SSSR count). The van der Waals surface area contributed by atoms with Crippen LogP contribution in [-0.2, 0) is 11.3 Å². The third kappa shape index (κ3) is 4.31. The Kier molecular flexibility index (Phi) is 5.00. The van der Waals surface area contributed by atoms with Gasteiger partial charge < -0.3 is 10.1 Å². The average Bonchev–Trinajstić information content (AvgIpc) is 2.48. The Morgan fingerprint density at radius 3 is 2.30 bits per heavy atom.